The number of rotatable bonds is 5. The summed E-state index contributed by atoms with van der Waals surface area (Å²) >= 11 is 0. The van der Waals surface area contributed by atoms with Gasteiger partial charge in [-0.1, -0.05) is 12.1 Å². The number of hydrogen-bond acceptors (Lipinski definition) is 5. The van der Waals surface area contributed by atoms with Crippen molar-refractivity contribution < 1.29 is 4.79 Å². The van der Waals surface area contributed by atoms with E-state index in [0.717, 1.165) is 11.3 Å². The highest BCUT2D eigenvalue weighted by Gasteiger charge is 2.13. The van der Waals surface area contributed by atoms with E-state index in [4.69, 9.17) is 0 Å². The molecule has 4 rings (SSSR count). The summed E-state index contributed by atoms with van der Waals surface area (Å²) in [5, 5.41) is 7.33. The molecule has 0 fully saturated rings. The number of aryl methyl sites for hydroxylation is 1. The summed E-state index contributed by atoms with van der Waals surface area (Å²) in [6.07, 6.45) is 8.15. The number of amides is 1. The molecule has 3 heterocycles. The molecule has 9 nitrogen and oxygen atoms in total. The van der Waals surface area contributed by atoms with Gasteiger partial charge in [-0.25, -0.2) is 9.97 Å². The van der Waals surface area contributed by atoms with Crippen molar-refractivity contribution in [1.29, 1.82) is 0 Å². The quantitative estimate of drug-likeness (QED) is 0.563. The Hall–Kier alpha value is -3.75. The highest BCUT2D eigenvalue weighted by molar-refractivity contribution is 5.77. The summed E-state index contributed by atoms with van der Waals surface area (Å²) in [7, 11) is 1.71. The largest absolute Gasteiger partial charge is 0.348 e. The number of nitrogens with one attached hydrogen (secondary N) is 1. The molecule has 0 aliphatic heterocycles. The smallest absolute Gasteiger partial charge is 0.264 e. The third-order valence-corrected chi connectivity index (χ3v) is 4.61. The second-order valence-corrected chi connectivity index (χ2v) is 6.53. The van der Waals surface area contributed by atoms with Gasteiger partial charge in [0.05, 0.1) is 18.6 Å². The molecule has 1 atom stereocenters. The van der Waals surface area contributed by atoms with Crippen LogP contribution in [-0.4, -0.2) is 34.8 Å². The summed E-state index contributed by atoms with van der Waals surface area (Å²) in [4.78, 5) is 33.1. The van der Waals surface area contributed by atoms with Gasteiger partial charge in [0.15, 0.2) is 5.65 Å². The van der Waals surface area contributed by atoms with Gasteiger partial charge in [-0.3, -0.25) is 18.8 Å². The Bertz CT molecular complexity index is 1170. The van der Waals surface area contributed by atoms with Crippen molar-refractivity contribution in [2.75, 3.05) is 0 Å². The fraction of sp³-hybridized carbons (Fsp3) is 0.211. The third kappa shape index (κ3) is 3.29. The average molecular weight is 377 g/mol. The molecular formula is C19H19N7O2. The van der Waals surface area contributed by atoms with Gasteiger partial charge in [0.1, 0.15) is 18.3 Å². The first-order chi connectivity index (χ1) is 13.5. The summed E-state index contributed by atoms with van der Waals surface area (Å²) in [5.41, 5.74) is 2.16. The fourth-order valence-corrected chi connectivity index (χ4v) is 3.05. The predicted octanol–water partition coefficient (Wildman–Crippen LogP) is 1.19. The van der Waals surface area contributed by atoms with E-state index in [0.29, 0.717) is 11.0 Å². The van der Waals surface area contributed by atoms with Gasteiger partial charge >= 0.3 is 0 Å². The lowest BCUT2D eigenvalue weighted by Crippen LogP contribution is -2.33. The number of carbonyl (C=O) groups is 1. The van der Waals surface area contributed by atoms with Crippen LogP contribution in [0.5, 0.6) is 0 Å². The van der Waals surface area contributed by atoms with Crippen molar-refractivity contribution in [1.82, 2.24) is 34.2 Å². The van der Waals surface area contributed by atoms with Gasteiger partial charge in [-0.05, 0) is 24.6 Å². The van der Waals surface area contributed by atoms with Gasteiger partial charge in [0, 0.05) is 25.1 Å². The molecule has 28 heavy (non-hydrogen) atoms. The lowest BCUT2D eigenvalue weighted by molar-refractivity contribution is -0.122. The number of hydrogen-bond donors (Lipinski definition) is 1. The van der Waals surface area contributed by atoms with Gasteiger partial charge in [0.25, 0.3) is 5.56 Å². The maximum absolute atomic E-state index is 12.5. The zero-order chi connectivity index (χ0) is 19.7. The van der Waals surface area contributed by atoms with Crippen LogP contribution in [0.3, 0.4) is 0 Å². The van der Waals surface area contributed by atoms with Crippen molar-refractivity contribution >= 4 is 16.9 Å². The first-order valence-corrected chi connectivity index (χ1v) is 8.78. The predicted molar refractivity (Wildman–Crippen MR) is 103 cm³/mol. The zero-order valence-corrected chi connectivity index (χ0v) is 15.5. The molecule has 0 bridgehead atoms. The van der Waals surface area contributed by atoms with Gasteiger partial charge in [-0.15, -0.1) is 0 Å². The molecule has 0 spiro atoms. The maximum atomic E-state index is 12.5. The molecule has 0 saturated heterocycles. The molecule has 1 N–H and O–H groups in total. The lowest BCUT2D eigenvalue weighted by atomic mass is 10.1. The van der Waals surface area contributed by atoms with E-state index in [9.17, 15) is 9.59 Å². The van der Waals surface area contributed by atoms with E-state index in [1.165, 1.54) is 21.8 Å². The number of aromatic nitrogens is 6. The topological polar surface area (TPSA) is 99.6 Å². The summed E-state index contributed by atoms with van der Waals surface area (Å²) in [6, 6.07) is 7.63. The van der Waals surface area contributed by atoms with Gasteiger partial charge in [0.2, 0.25) is 5.91 Å². The van der Waals surface area contributed by atoms with Crippen LogP contribution in [0.4, 0.5) is 0 Å². The number of benzene rings is 1. The van der Waals surface area contributed by atoms with Crippen LogP contribution >= 0.6 is 0 Å². The Labute approximate surface area is 160 Å². The Morgan fingerprint density at radius 3 is 2.71 bits per heavy atom. The van der Waals surface area contributed by atoms with Crippen LogP contribution in [-0.2, 0) is 18.4 Å². The number of carbonyl (C=O) groups excluding carboxylic acids is 1. The van der Waals surface area contributed by atoms with Crippen LogP contribution in [0, 0.1) is 0 Å². The molecule has 0 aliphatic carbocycles. The fourth-order valence-electron chi connectivity index (χ4n) is 3.05. The summed E-state index contributed by atoms with van der Waals surface area (Å²) in [6.45, 7) is 1.80. The minimum atomic E-state index is -0.286. The first-order valence-electron chi connectivity index (χ1n) is 8.78. The minimum absolute atomic E-state index is 0.103. The second-order valence-electron chi connectivity index (χ2n) is 6.53. The highest BCUT2D eigenvalue weighted by atomic mass is 16.2. The molecule has 1 aromatic carbocycles. The first kappa shape index (κ1) is 17.7. The van der Waals surface area contributed by atoms with Crippen molar-refractivity contribution in [3.05, 3.63) is 71.4 Å². The van der Waals surface area contributed by atoms with Gasteiger partial charge in [-0.2, -0.15) is 5.10 Å². The van der Waals surface area contributed by atoms with E-state index in [1.54, 1.807) is 19.6 Å². The van der Waals surface area contributed by atoms with Crippen LogP contribution in [0.1, 0.15) is 18.5 Å². The van der Waals surface area contributed by atoms with Crippen molar-refractivity contribution in [3.8, 4) is 5.69 Å². The van der Waals surface area contributed by atoms with E-state index in [1.807, 2.05) is 42.0 Å². The Kier molecular flexibility index (Phi) is 4.48. The Balaban J connectivity index is 1.45. The Morgan fingerprint density at radius 1 is 1.21 bits per heavy atom. The maximum Gasteiger partial charge on any atom is 0.264 e. The zero-order valence-electron chi connectivity index (χ0n) is 15.5. The monoisotopic (exact) mass is 377 g/mol. The normalized spacial score (nSPS) is 12.2. The molecule has 0 unspecified atom stereocenters. The molecule has 3 aromatic heterocycles. The van der Waals surface area contributed by atoms with E-state index >= 15 is 0 Å². The van der Waals surface area contributed by atoms with E-state index < -0.39 is 0 Å². The van der Waals surface area contributed by atoms with Crippen molar-refractivity contribution in [2.24, 2.45) is 7.05 Å². The molecule has 1 amide bonds. The SMILES string of the molecule is C[C@@H](NC(=O)Cn1cnc2c(cnn2C)c1=O)c1ccc(-n2ccnc2)cc1. The average Bonchev–Trinajstić information content (AvgIpc) is 3.35. The number of fused-ring (bicyclic) bond motifs is 1. The standard InChI is InChI=1S/C19H19N7O2/c1-13(14-3-5-15(6-4-14)25-8-7-20-11-25)23-17(27)10-26-12-21-18-16(19(26)28)9-22-24(18)2/h3-9,11-13H,10H2,1-2H3,(H,23,27)/t13-/m1/s1. The summed E-state index contributed by atoms with van der Waals surface area (Å²) in [5.74, 6) is -0.265. The lowest BCUT2D eigenvalue weighted by Gasteiger charge is -2.15. The van der Waals surface area contributed by atoms with Crippen molar-refractivity contribution in [3.63, 3.8) is 0 Å². The van der Waals surface area contributed by atoms with Crippen LogP contribution < -0.4 is 10.9 Å². The molecular weight excluding hydrogens is 358 g/mol. The van der Waals surface area contributed by atoms with Crippen LogP contribution in [0.25, 0.3) is 16.7 Å². The molecule has 0 aliphatic rings. The third-order valence-electron chi connectivity index (χ3n) is 4.61. The highest BCUT2D eigenvalue weighted by Crippen LogP contribution is 2.15. The Morgan fingerprint density at radius 2 is 2.00 bits per heavy atom. The van der Waals surface area contributed by atoms with E-state index in [2.05, 4.69) is 20.4 Å². The number of nitrogens with zero attached hydrogens (tertiary/aromatic N) is 6. The minimum Gasteiger partial charge on any atom is -0.348 e. The molecule has 4 aromatic rings. The molecule has 9 heteroatoms. The second kappa shape index (κ2) is 7.10. The van der Waals surface area contributed by atoms with Crippen molar-refractivity contribution in [2.45, 2.75) is 19.5 Å². The number of imidazole rings is 1. The van der Waals surface area contributed by atoms with Crippen LogP contribution in [0.15, 0.2) is 60.3 Å². The molecule has 0 saturated carbocycles. The van der Waals surface area contributed by atoms with Crippen LogP contribution in [0.2, 0.25) is 0 Å². The van der Waals surface area contributed by atoms with E-state index in [-0.39, 0.29) is 24.1 Å². The molecule has 0 radical (unpaired) electrons. The molecule has 142 valence electrons. The summed E-state index contributed by atoms with van der Waals surface area (Å²) < 4.78 is 4.71. The van der Waals surface area contributed by atoms with Gasteiger partial charge < -0.3 is 9.88 Å².